The molecule has 2 atom stereocenters. The van der Waals surface area contributed by atoms with Crippen molar-refractivity contribution < 1.29 is 14.4 Å². The molecular weight excluding hydrogens is 287 g/mol. The summed E-state index contributed by atoms with van der Waals surface area (Å²) in [6, 6.07) is 2.20. The number of nitro benzene ring substituents is 1. The lowest BCUT2D eigenvalue weighted by molar-refractivity contribution is -0.385. The molecule has 5 nitrogen and oxygen atoms in total. The summed E-state index contributed by atoms with van der Waals surface area (Å²) < 4.78 is 13.6. The number of rotatable bonds is 6. The summed E-state index contributed by atoms with van der Waals surface area (Å²) >= 11 is 0. The minimum absolute atomic E-state index is 0. The summed E-state index contributed by atoms with van der Waals surface area (Å²) in [5, 5.41) is 20.6. The zero-order valence-corrected chi connectivity index (χ0v) is 12.3. The summed E-state index contributed by atoms with van der Waals surface area (Å²) in [5.74, 6) is -0.237. The predicted octanol–water partition coefficient (Wildman–Crippen LogP) is 2.95. The smallest absolute Gasteiger partial charge is 0.269 e. The largest absolute Gasteiger partial charge is 0.391 e. The van der Waals surface area contributed by atoms with Crippen LogP contribution in [0.15, 0.2) is 18.2 Å². The van der Waals surface area contributed by atoms with Gasteiger partial charge in [0, 0.05) is 17.7 Å². The van der Waals surface area contributed by atoms with Crippen LogP contribution in [0.4, 0.5) is 10.1 Å². The van der Waals surface area contributed by atoms with Crippen molar-refractivity contribution >= 4 is 18.1 Å². The molecule has 20 heavy (non-hydrogen) atoms. The van der Waals surface area contributed by atoms with Gasteiger partial charge in [-0.2, -0.15) is 0 Å². The number of aliphatic hydroxyl groups is 1. The van der Waals surface area contributed by atoms with Crippen LogP contribution in [0, 0.1) is 21.8 Å². The van der Waals surface area contributed by atoms with Gasteiger partial charge >= 0.3 is 0 Å². The third kappa shape index (κ3) is 5.03. The summed E-state index contributed by atoms with van der Waals surface area (Å²) in [4.78, 5) is 10.0. The minimum Gasteiger partial charge on any atom is -0.391 e. The molecule has 3 N–H and O–H groups in total. The molecule has 1 aromatic rings. The summed E-state index contributed by atoms with van der Waals surface area (Å²) in [6.45, 7) is 4.01. The molecule has 0 spiro atoms. The van der Waals surface area contributed by atoms with Crippen molar-refractivity contribution in [3.05, 3.63) is 39.7 Å². The third-order valence-electron chi connectivity index (χ3n) is 3.00. The fraction of sp³-hybridized carbons (Fsp3) is 0.538. The van der Waals surface area contributed by atoms with Gasteiger partial charge < -0.3 is 10.8 Å². The maximum atomic E-state index is 13.6. The van der Waals surface area contributed by atoms with Crippen LogP contribution in [0.3, 0.4) is 0 Å². The van der Waals surface area contributed by atoms with E-state index in [0.29, 0.717) is 12.3 Å². The van der Waals surface area contributed by atoms with Crippen molar-refractivity contribution in [3.63, 3.8) is 0 Å². The van der Waals surface area contributed by atoms with Crippen molar-refractivity contribution in [1.29, 1.82) is 0 Å². The van der Waals surface area contributed by atoms with E-state index in [1.54, 1.807) is 0 Å². The number of halogens is 2. The quantitative estimate of drug-likeness (QED) is 0.624. The Morgan fingerprint density at radius 1 is 1.40 bits per heavy atom. The molecule has 0 fully saturated rings. The van der Waals surface area contributed by atoms with Gasteiger partial charge in [0.15, 0.2) is 0 Å². The standard InChI is InChI=1S/C13H19FN2O3.ClH/c1-8(2)3-6-12(17)13(15)10-7-9(16(18)19)4-5-11(10)14;/h4-5,7-8,12-13,17H,3,6,15H2,1-2H3;1H/t12-,13+;/m0./s1. The number of nitrogens with zero attached hydrogens (tertiary/aromatic N) is 1. The predicted molar refractivity (Wildman–Crippen MR) is 77.3 cm³/mol. The van der Waals surface area contributed by atoms with Gasteiger partial charge in [0.05, 0.1) is 17.1 Å². The van der Waals surface area contributed by atoms with Crippen LogP contribution in [0.5, 0.6) is 0 Å². The second-order valence-corrected chi connectivity index (χ2v) is 5.03. The maximum absolute atomic E-state index is 13.6. The first-order valence-electron chi connectivity index (χ1n) is 6.20. The van der Waals surface area contributed by atoms with Crippen molar-refractivity contribution in [2.75, 3.05) is 0 Å². The first kappa shape index (κ1) is 18.8. The lowest BCUT2D eigenvalue weighted by atomic mass is 9.95. The Hall–Kier alpha value is -1.24. The first-order chi connectivity index (χ1) is 8.82. The van der Waals surface area contributed by atoms with Crippen molar-refractivity contribution in [2.24, 2.45) is 11.7 Å². The Balaban J connectivity index is 0.00000361. The molecule has 0 saturated carbocycles. The zero-order chi connectivity index (χ0) is 14.6. The Kier molecular flexibility index (Phi) is 7.63. The number of hydrogen-bond donors (Lipinski definition) is 2. The zero-order valence-electron chi connectivity index (χ0n) is 11.5. The number of nitrogens with two attached hydrogens (primary N) is 1. The first-order valence-corrected chi connectivity index (χ1v) is 6.20. The molecule has 0 radical (unpaired) electrons. The highest BCUT2D eigenvalue weighted by molar-refractivity contribution is 5.85. The van der Waals surface area contributed by atoms with E-state index in [9.17, 15) is 19.6 Å². The minimum atomic E-state index is -0.960. The molecular formula is C13H20ClFN2O3. The fourth-order valence-corrected chi connectivity index (χ4v) is 1.79. The third-order valence-corrected chi connectivity index (χ3v) is 3.00. The van der Waals surface area contributed by atoms with E-state index in [2.05, 4.69) is 0 Å². The normalized spacial score (nSPS) is 13.7. The van der Waals surface area contributed by atoms with Gasteiger partial charge in [-0.25, -0.2) is 4.39 Å². The molecule has 0 amide bonds. The van der Waals surface area contributed by atoms with Crippen molar-refractivity contribution in [1.82, 2.24) is 0 Å². The second kappa shape index (κ2) is 8.14. The molecule has 0 heterocycles. The van der Waals surface area contributed by atoms with E-state index in [1.807, 2.05) is 13.8 Å². The average molecular weight is 307 g/mol. The number of nitro groups is 1. The summed E-state index contributed by atoms with van der Waals surface area (Å²) in [6.07, 6.45) is 0.269. The topological polar surface area (TPSA) is 89.4 Å². The van der Waals surface area contributed by atoms with Crippen LogP contribution >= 0.6 is 12.4 Å². The van der Waals surface area contributed by atoms with E-state index in [0.717, 1.165) is 24.6 Å². The maximum Gasteiger partial charge on any atom is 0.269 e. The number of hydrogen-bond acceptors (Lipinski definition) is 4. The van der Waals surface area contributed by atoms with Crippen LogP contribution in [0.25, 0.3) is 0 Å². The van der Waals surface area contributed by atoms with E-state index >= 15 is 0 Å². The van der Waals surface area contributed by atoms with E-state index in [-0.39, 0.29) is 23.7 Å². The molecule has 7 heteroatoms. The molecule has 0 aliphatic carbocycles. The lowest BCUT2D eigenvalue weighted by Crippen LogP contribution is -2.27. The Labute approximate surface area is 123 Å². The molecule has 0 unspecified atom stereocenters. The van der Waals surface area contributed by atoms with Gasteiger partial charge in [0.2, 0.25) is 0 Å². The SMILES string of the molecule is CC(C)CC[C@H](O)[C@H](N)c1cc([N+](=O)[O-])ccc1F.Cl. The molecule has 0 bridgehead atoms. The van der Waals surface area contributed by atoms with Crippen LogP contribution in [-0.4, -0.2) is 16.1 Å². The van der Waals surface area contributed by atoms with Crippen LogP contribution in [0.1, 0.15) is 38.3 Å². The van der Waals surface area contributed by atoms with Gasteiger partial charge in [-0.3, -0.25) is 10.1 Å². The number of non-ortho nitro benzene ring substituents is 1. The van der Waals surface area contributed by atoms with Crippen molar-refractivity contribution in [2.45, 2.75) is 38.8 Å². The van der Waals surface area contributed by atoms with E-state index in [4.69, 9.17) is 5.73 Å². The van der Waals surface area contributed by atoms with Crippen molar-refractivity contribution in [3.8, 4) is 0 Å². The van der Waals surface area contributed by atoms with E-state index in [1.165, 1.54) is 0 Å². The molecule has 1 rings (SSSR count). The number of benzene rings is 1. The summed E-state index contributed by atoms with van der Waals surface area (Å²) in [7, 11) is 0. The molecule has 0 saturated heterocycles. The van der Waals surface area contributed by atoms with Crippen LogP contribution in [0.2, 0.25) is 0 Å². The van der Waals surface area contributed by atoms with Gasteiger partial charge in [-0.05, 0) is 24.8 Å². The highest BCUT2D eigenvalue weighted by Crippen LogP contribution is 2.25. The lowest BCUT2D eigenvalue weighted by Gasteiger charge is -2.20. The van der Waals surface area contributed by atoms with E-state index < -0.39 is 22.9 Å². The Morgan fingerprint density at radius 3 is 2.50 bits per heavy atom. The molecule has 0 aromatic heterocycles. The number of aliphatic hydroxyl groups excluding tert-OH is 1. The van der Waals surface area contributed by atoms with Gasteiger partial charge in [-0.15, -0.1) is 12.4 Å². The Bertz CT molecular complexity index is 457. The van der Waals surface area contributed by atoms with Gasteiger partial charge in [0.1, 0.15) is 5.82 Å². The Morgan fingerprint density at radius 2 is 2.00 bits per heavy atom. The van der Waals surface area contributed by atoms with Crippen LogP contribution < -0.4 is 5.73 Å². The fourth-order valence-electron chi connectivity index (χ4n) is 1.79. The van der Waals surface area contributed by atoms with Crippen LogP contribution in [-0.2, 0) is 0 Å². The highest BCUT2D eigenvalue weighted by Gasteiger charge is 2.22. The van der Waals surface area contributed by atoms with Gasteiger partial charge in [-0.1, -0.05) is 13.8 Å². The second-order valence-electron chi connectivity index (χ2n) is 5.03. The molecule has 0 aliphatic heterocycles. The molecule has 0 aliphatic rings. The average Bonchev–Trinajstić information content (AvgIpc) is 2.35. The molecule has 1 aromatic carbocycles. The molecule has 114 valence electrons. The van der Waals surface area contributed by atoms with Gasteiger partial charge in [0.25, 0.3) is 5.69 Å². The highest BCUT2D eigenvalue weighted by atomic mass is 35.5. The monoisotopic (exact) mass is 306 g/mol. The summed E-state index contributed by atoms with van der Waals surface area (Å²) in [5.41, 5.74) is 5.53.